The number of ether oxygens (including phenoxy) is 1. The number of fused-ring (bicyclic) bond motifs is 5. The molecule has 31 heavy (non-hydrogen) atoms. The van der Waals surface area contributed by atoms with Gasteiger partial charge >= 0.3 is 5.43 Å². The van der Waals surface area contributed by atoms with Gasteiger partial charge in [-0.25, -0.2) is 4.79 Å². The van der Waals surface area contributed by atoms with E-state index in [4.69, 9.17) is 16.3 Å². The molecule has 0 bridgehead atoms. The van der Waals surface area contributed by atoms with Crippen LogP contribution in [0.15, 0.2) is 11.6 Å². The summed E-state index contributed by atoms with van der Waals surface area (Å²) in [6, 6.07) is 0. The second-order valence-corrected chi connectivity index (χ2v) is 13.0. The van der Waals surface area contributed by atoms with E-state index in [0.29, 0.717) is 10.8 Å². The van der Waals surface area contributed by atoms with E-state index in [1.165, 1.54) is 51.4 Å². The smallest absolute Gasteiger partial charge is 0.404 e. The molecule has 4 rings (SSSR count). The van der Waals surface area contributed by atoms with Gasteiger partial charge in [0.25, 0.3) is 0 Å². The number of halogens is 1. The van der Waals surface area contributed by atoms with Crippen LogP contribution in [-0.4, -0.2) is 11.5 Å². The van der Waals surface area contributed by atoms with Crippen LogP contribution in [0, 0.1) is 46.3 Å². The van der Waals surface area contributed by atoms with Gasteiger partial charge in [0.1, 0.15) is 6.10 Å². The van der Waals surface area contributed by atoms with E-state index in [1.54, 1.807) is 5.57 Å². The third kappa shape index (κ3) is 4.62. The van der Waals surface area contributed by atoms with Gasteiger partial charge in [0.2, 0.25) is 0 Å². The Morgan fingerprint density at radius 2 is 1.94 bits per heavy atom. The monoisotopic (exact) mass is 448 g/mol. The molecular formula is C28H45ClO2. The Bertz CT molecular complexity index is 699. The summed E-state index contributed by atoms with van der Waals surface area (Å²) in [5.41, 5.74) is 1.78. The second kappa shape index (κ2) is 9.03. The molecule has 3 saturated carbocycles. The fourth-order valence-electron chi connectivity index (χ4n) is 8.49. The average molecular weight is 449 g/mol. The first kappa shape index (κ1) is 23.7. The van der Waals surface area contributed by atoms with Crippen molar-refractivity contribution in [2.24, 2.45) is 46.3 Å². The Balaban J connectivity index is 1.45. The summed E-state index contributed by atoms with van der Waals surface area (Å²) in [6.45, 7) is 12.4. The summed E-state index contributed by atoms with van der Waals surface area (Å²) >= 11 is 5.51. The fraction of sp³-hybridized carbons (Fsp3) is 0.893. The first-order valence-corrected chi connectivity index (χ1v) is 13.6. The van der Waals surface area contributed by atoms with Gasteiger partial charge in [0.15, 0.2) is 0 Å². The normalized spacial score (nSPS) is 42.9. The molecule has 0 saturated heterocycles. The van der Waals surface area contributed by atoms with E-state index < -0.39 is 5.43 Å². The molecule has 0 aromatic carbocycles. The minimum absolute atomic E-state index is 0.0164. The molecule has 0 N–H and O–H groups in total. The summed E-state index contributed by atoms with van der Waals surface area (Å²) in [5, 5.41) is 0. The quantitative estimate of drug-likeness (QED) is 0.299. The van der Waals surface area contributed by atoms with Gasteiger partial charge in [-0.15, -0.1) is 0 Å². The molecule has 0 aromatic heterocycles. The Hall–Kier alpha value is -0.500. The standard InChI is InChI=1S/C28H45ClO2/c1-18(2)7-6-8-19(3)20-15-25-23-10-9-21-16-22(31-26(29)30)11-14-28(21,5)24(23)12-13-27(25,4)17-20/h9,18-20,22-25H,6-8,10-17H2,1-5H3. The zero-order valence-electron chi connectivity index (χ0n) is 20.6. The summed E-state index contributed by atoms with van der Waals surface area (Å²) in [6.07, 6.45) is 16.7. The fourth-order valence-corrected chi connectivity index (χ4v) is 8.62. The third-order valence-corrected chi connectivity index (χ3v) is 10.5. The van der Waals surface area contributed by atoms with Gasteiger partial charge in [0, 0.05) is 18.0 Å². The van der Waals surface area contributed by atoms with Crippen LogP contribution in [0.25, 0.3) is 0 Å². The first-order chi connectivity index (χ1) is 14.6. The molecule has 4 aliphatic carbocycles. The molecule has 3 heteroatoms. The summed E-state index contributed by atoms with van der Waals surface area (Å²) in [7, 11) is 0. The van der Waals surface area contributed by atoms with Crippen LogP contribution in [0.5, 0.6) is 0 Å². The summed E-state index contributed by atoms with van der Waals surface area (Å²) in [4.78, 5) is 11.2. The van der Waals surface area contributed by atoms with E-state index in [0.717, 1.165) is 54.8 Å². The molecular weight excluding hydrogens is 404 g/mol. The Morgan fingerprint density at radius 3 is 2.65 bits per heavy atom. The lowest BCUT2D eigenvalue weighted by molar-refractivity contribution is -0.0363. The van der Waals surface area contributed by atoms with Gasteiger partial charge < -0.3 is 4.74 Å². The predicted molar refractivity (Wildman–Crippen MR) is 129 cm³/mol. The van der Waals surface area contributed by atoms with E-state index >= 15 is 0 Å². The van der Waals surface area contributed by atoms with Crippen molar-refractivity contribution >= 4 is 17.0 Å². The maximum Gasteiger partial charge on any atom is 0.404 e. The molecule has 0 aliphatic heterocycles. The highest BCUT2D eigenvalue weighted by molar-refractivity contribution is 6.61. The van der Waals surface area contributed by atoms with Crippen molar-refractivity contribution in [3.8, 4) is 0 Å². The maximum atomic E-state index is 11.2. The molecule has 4 aliphatic rings. The highest BCUT2D eigenvalue weighted by atomic mass is 35.5. The molecule has 176 valence electrons. The van der Waals surface area contributed by atoms with Gasteiger partial charge in [0.05, 0.1) is 0 Å². The Labute approximate surface area is 195 Å². The molecule has 0 spiro atoms. The van der Waals surface area contributed by atoms with Crippen molar-refractivity contribution in [2.75, 3.05) is 0 Å². The summed E-state index contributed by atoms with van der Waals surface area (Å²) in [5.74, 6) is 5.21. The van der Waals surface area contributed by atoms with Crippen LogP contribution in [0.3, 0.4) is 0 Å². The van der Waals surface area contributed by atoms with E-state index in [1.807, 2.05) is 0 Å². The van der Waals surface area contributed by atoms with Crippen molar-refractivity contribution in [1.82, 2.24) is 0 Å². The molecule has 0 aromatic rings. The summed E-state index contributed by atoms with van der Waals surface area (Å²) < 4.78 is 5.38. The number of carbonyl (C=O) groups excluding carboxylic acids is 1. The van der Waals surface area contributed by atoms with Crippen LogP contribution in [0.2, 0.25) is 0 Å². The molecule has 8 atom stereocenters. The zero-order valence-corrected chi connectivity index (χ0v) is 21.3. The minimum atomic E-state index is -0.643. The Kier molecular flexibility index (Phi) is 6.89. The van der Waals surface area contributed by atoms with Crippen LogP contribution < -0.4 is 0 Å². The minimum Gasteiger partial charge on any atom is -0.450 e. The van der Waals surface area contributed by atoms with Crippen LogP contribution in [0.4, 0.5) is 4.79 Å². The Morgan fingerprint density at radius 1 is 1.16 bits per heavy atom. The number of hydrogen-bond acceptors (Lipinski definition) is 2. The largest absolute Gasteiger partial charge is 0.450 e. The van der Waals surface area contributed by atoms with Gasteiger partial charge in [-0.1, -0.05) is 65.5 Å². The van der Waals surface area contributed by atoms with Crippen molar-refractivity contribution in [1.29, 1.82) is 0 Å². The zero-order chi connectivity index (χ0) is 22.4. The molecule has 0 amide bonds. The van der Waals surface area contributed by atoms with Crippen molar-refractivity contribution in [2.45, 2.75) is 111 Å². The van der Waals surface area contributed by atoms with Crippen molar-refractivity contribution in [3.63, 3.8) is 0 Å². The molecule has 0 radical (unpaired) electrons. The lowest BCUT2D eigenvalue weighted by atomic mass is 9.48. The molecule has 0 heterocycles. The number of hydrogen-bond donors (Lipinski definition) is 0. The lowest BCUT2D eigenvalue weighted by Gasteiger charge is -2.57. The van der Waals surface area contributed by atoms with Gasteiger partial charge in [-0.2, -0.15) is 0 Å². The SMILES string of the molecule is CC(C)CCCC(C)C1CC2C3CC=C4CC(OC(=O)Cl)CCC4(C)C3CCC2(C)C1. The van der Waals surface area contributed by atoms with Crippen LogP contribution >= 0.6 is 11.6 Å². The average Bonchev–Trinajstić information content (AvgIpc) is 3.05. The predicted octanol–water partition coefficient (Wildman–Crippen LogP) is 8.77. The van der Waals surface area contributed by atoms with Crippen molar-refractivity contribution < 1.29 is 9.53 Å². The molecule has 3 fully saturated rings. The van der Waals surface area contributed by atoms with Crippen LogP contribution in [0.1, 0.15) is 105 Å². The second-order valence-electron chi connectivity index (χ2n) is 12.7. The molecule has 2 nitrogen and oxygen atoms in total. The maximum absolute atomic E-state index is 11.2. The van der Waals surface area contributed by atoms with E-state index in [9.17, 15) is 4.79 Å². The van der Waals surface area contributed by atoms with Gasteiger partial charge in [-0.05, 0) is 91.3 Å². The third-order valence-electron chi connectivity index (χ3n) is 10.4. The number of allylic oxidation sites excluding steroid dienone is 1. The molecule has 8 unspecified atom stereocenters. The first-order valence-electron chi connectivity index (χ1n) is 13.2. The topological polar surface area (TPSA) is 26.3 Å². The highest BCUT2D eigenvalue weighted by Crippen LogP contribution is 2.66. The van der Waals surface area contributed by atoms with Gasteiger partial charge in [-0.3, -0.25) is 0 Å². The van der Waals surface area contributed by atoms with Crippen LogP contribution in [-0.2, 0) is 4.74 Å². The number of carbonyl (C=O) groups is 1. The van der Waals surface area contributed by atoms with Crippen molar-refractivity contribution in [3.05, 3.63) is 11.6 Å². The highest BCUT2D eigenvalue weighted by Gasteiger charge is 2.57. The van der Waals surface area contributed by atoms with E-state index in [2.05, 4.69) is 40.7 Å². The number of rotatable bonds is 6. The lowest BCUT2D eigenvalue weighted by Crippen LogP contribution is -2.49. The van der Waals surface area contributed by atoms with E-state index in [-0.39, 0.29) is 6.10 Å².